The molecular formula is C16H17N5. The summed E-state index contributed by atoms with van der Waals surface area (Å²) in [4.78, 5) is 8.76. The van der Waals surface area contributed by atoms with Gasteiger partial charge in [0, 0.05) is 18.9 Å². The highest BCUT2D eigenvalue weighted by atomic mass is 15.3. The number of hydrogen-bond donors (Lipinski definition) is 0. The lowest BCUT2D eigenvalue weighted by Crippen LogP contribution is -2.09. The fraction of sp³-hybridized carbons (Fsp3) is 0.250. The summed E-state index contributed by atoms with van der Waals surface area (Å²) in [7, 11) is 0. The van der Waals surface area contributed by atoms with E-state index in [0.29, 0.717) is 5.92 Å². The molecule has 3 aromatic rings. The van der Waals surface area contributed by atoms with Crippen molar-refractivity contribution in [3.63, 3.8) is 0 Å². The molecule has 5 nitrogen and oxygen atoms in total. The third kappa shape index (κ3) is 2.81. The van der Waals surface area contributed by atoms with Crippen LogP contribution in [0.25, 0.3) is 23.0 Å². The lowest BCUT2D eigenvalue weighted by atomic mass is 10.2. The molecule has 0 unspecified atom stereocenters. The van der Waals surface area contributed by atoms with E-state index in [2.05, 4.69) is 38.6 Å². The minimum Gasteiger partial charge on any atom is -0.304 e. The lowest BCUT2D eigenvalue weighted by Gasteiger charge is -2.12. The maximum absolute atomic E-state index is 4.38. The largest absolute Gasteiger partial charge is 0.304 e. The van der Waals surface area contributed by atoms with Crippen LogP contribution in [-0.2, 0) is 6.54 Å². The molecule has 0 N–H and O–H groups in total. The van der Waals surface area contributed by atoms with Crippen LogP contribution in [0.15, 0.2) is 48.8 Å². The van der Waals surface area contributed by atoms with E-state index in [-0.39, 0.29) is 0 Å². The van der Waals surface area contributed by atoms with Gasteiger partial charge in [0.1, 0.15) is 11.4 Å². The van der Waals surface area contributed by atoms with Crippen molar-refractivity contribution in [1.82, 2.24) is 24.7 Å². The van der Waals surface area contributed by atoms with Crippen LogP contribution in [0.1, 0.15) is 13.8 Å². The quantitative estimate of drug-likeness (QED) is 0.736. The average molecular weight is 279 g/mol. The zero-order chi connectivity index (χ0) is 14.7. The highest BCUT2D eigenvalue weighted by Gasteiger charge is 2.17. The van der Waals surface area contributed by atoms with E-state index >= 15 is 0 Å². The maximum Gasteiger partial charge on any atom is 0.182 e. The van der Waals surface area contributed by atoms with Gasteiger partial charge in [-0.3, -0.25) is 9.97 Å². The van der Waals surface area contributed by atoms with Crippen molar-refractivity contribution in [1.29, 1.82) is 0 Å². The van der Waals surface area contributed by atoms with Gasteiger partial charge in [-0.05, 0) is 30.2 Å². The second-order valence-corrected chi connectivity index (χ2v) is 5.28. The van der Waals surface area contributed by atoms with Gasteiger partial charge in [-0.15, -0.1) is 10.2 Å². The molecule has 0 spiro atoms. The molecule has 0 atom stereocenters. The Balaban J connectivity index is 2.12. The predicted molar refractivity (Wildman–Crippen MR) is 81.3 cm³/mol. The van der Waals surface area contributed by atoms with Crippen molar-refractivity contribution in [3.8, 4) is 23.0 Å². The third-order valence-corrected chi connectivity index (χ3v) is 3.09. The normalized spacial score (nSPS) is 11.0. The molecule has 0 saturated carbocycles. The van der Waals surface area contributed by atoms with Gasteiger partial charge in [0.05, 0.1) is 0 Å². The molecule has 3 heterocycles. The minimum absolute atomic E-state index is 0.478. The highest BCUT2D eigenvalue weighted by Crippen LogP contribution is 2.23. The van der Waals surface area contributed by atoms with Gasteiger partial charge in [0.2, 0.25) is 0 Å². The first-order valence-corrected chi connectivity index (χ1v) is 7.01. The lowest BCUT2D eigenvalue weighted by molar-refractivity contribution is 0.528. The van der Waals surface area contributed by atoms with Gasteiger partial charge in [-0.25, -0.2) is 0 Å². The summed E-state index contributed by atoms with van der Waals surface area (Å²) >= 11 is 0. The SMILES string of the molecule is CC(C)Cn1c(-c2ccccn2)nnc1-c1ccccn1. The first-order chi connectivity index (χ1) is 10.3. The summed E-state index contributed by atoms with van der Waals surface area (Å²) in [6.07, 6.45) is 3.54. The Morgan fingerprint density at radius 3 is 1.76 bits per heavy atom. The summed E-state index contributed by atoms with van der Waals surface area (Å²) in [5.74, 6) is 2.04. The summed E-state index contributed by atoms with van der Waals surface area (Å²) in [6, 6.07) is 11.6. The van der Waals surface area contributed by atoms with Crippen molar-refractivity contribution in [2.75, 3.05) is 0 Å². The van der Waals surface area contributed by atoms with Crippen molar-refractivity contribution in [3.05, 3.63) is 48.8 Å². The van der Waals surface area contributed by atoms with Gasteiger partial charge in [0.15, 0.2) is 11.6 Å². The van der Waals surface area contributed by atoms with Gasteiger partial charge in [0.25, 0.3) is 0 Å². The summed E-state index contributed by atoms with van der Waals surface area (Å²) in [6.45, 7) is 5.17. The Hall–Kier alpha value is -2.56. The van der Waals surface area contributed by atoms with Crippen LogP contribution in [0.4, 0.5) is 0 Å². The highest BCUT2D eigenvalue weighted by molar-refractivity contribution is 5.57. The second kappa shape index (κ2) is 5.83. The van der Waals surface area contributed by atoms with E-state index in [9.17, 15) is 0 Å². The Morgan fingerprint density at radius 1 is 0.857 bits per heavy atom. The predicted octanol–water partition coefficient (Wildman–Crippen LogP) is 3.06. The molecule has 0 bridgehead atoms. The zero-order valence-electron chi connectivity index (χ0n) is 12.1. The Kier molecular flexibility index (Phi) is 3.73. The molecule has 0 aliphatic carbocycles. The smallest absolute Gasteiger partial charge is 0.182 e. The molecule has 0 amide bonds. The maximum atomic E-state index is 4.38. The van der Waals surface area contributed by atoms with Gasteiger partial charge in [-0.2, -0.15) is 0 Å². The van der Waals surface area contributed by atoms with Crippen LogP contribution in [0.2, 0.25) is 0 Å². The van der Waals surface area contributed by atoms with Crippen molar-refractivity contribution >= 4 is 0 Å². The number of pyridine rings is 2. The number of hydrogen-bond acceptors (Lipinski definition) is 4. The molecule has 106 valence electrons. The summed E-state index contributed by atoms with van der Waals surface area (Å²) in [5, 5.41) is 8.65. The first-order valence-electron chi connectivity index (χ1n) is 7.01. The standard InChI is InChI=1S/C16H17N5/c1-12(2)11-21-15(13-7-3-5-9-17-13)19-20-16(21)14-8-4-6-10-18-14/h3-10,12H,11H2,1-2H3. The monoisotopic (exact) mass is 279 g/mol. The van der Waals surface area contributed by atoms with Crippen LogP contribution in [0.5, 0.6) is 0 Å². The molecule has 3 aromatic heterocycles. The summed E-state index contributed by atoms with van der Waals surface area (Å²) in [5.41, 5.74) is 1.65. The molecule has 0 aliphatic rings. The molecule has 0 aromatic carbocycles. The molecule has 5 heteroatoms. The van der Waals surface area contributed by atoms with Crippen molar-refractivity contribution in [2.24, 2.45) is 5.92 Å². The first kappa shape index (κ1) is 13.4. The Bertz CT molecular complexity index is 647. The fourth-order valence-electron chi connectivity index (χ4n) is 2.21. The molecule has 0 fully saturated rings. The van der Waals surface area contributed by atoms with Crippen molar-refractivity contribution < 1.29 is 0 Å². The van der Waals surface area contributed by atoms with Crippen LogP contribution in [-0.4, -0.2) is 24.7 Å². The van der Waals surface area contributed by atoms with E-state index in [1.54, 1.807) is 12.4 Å². The van der Waals surface area contributed by atoms with Gasteiger partial charge in [-0.1, -0.05) is 26.0 Å². The second-order valence-electron chi connectivity index (χ2n) is 5.28. The van der Waals surface area contributed by atoms with Gasteiger partial charge < -0.3 is 4.57 Å². The zero-order valence-corrected chi connectivity index (χ0v) is 12.1. The molecule has 0 saturated heterocycles. The third-order valence-electron chi connectivity index (χ3n) is 3.09. The van der Waals surface area contributed by atoms with Crippen LogP contribution >= 0.6 is 0 Å². The number of rotatable bonds is 4. The van der Waals surface area contributed by atoms with Gasteiger partial charge >= 0.3 is 0 Å². The van der Waals surface area contributed by atoms with E-state index in [0.717, 1.165) is 29.6 Å². The molecule has 21 heavy (non-hydrogen) atoms. The minimum atomic E-state index is 0.478. The fourth-order valence-corrected chi connectivity index (χ4v) is 2.21. The van der Waals surface area contributed by atoms with E-state index in [1.807, 2.05) is 36.4 Å². The number of aromatic nitrogens is 5. The van der Waals surface area contributed by atoms with Crippen LogP contribution in [0.3, 0.4) is 0 Å². The van der Waals surface area contributed by atoms with E-state index in [1.165, 1.54) is 0 Å². The van der Waals surface area contributed by atoms with E-state index in [4.69, 9.17) is 0 Å². The molecule has 0 radical (unpaired) electrons. The average Bonchev–Trinajstić information content (AvgIpc) is 2.92. The Morgan fingerprint density at radius 2 is 1.38 bits per heavy atom. The summed E-state index contributed by atoms with van der Waals surface area (Å²) < 4.78 is 2.09. The van der Waals surface area contributed by atoms with Crippen molar-refractivity contribution in [2.45, 2.75) is 20.4 Å². The van der Waals surface area contributed by atoms with Crippen LogP contribution < -0.4 is 0 Å². The topological polar surface area (TPSA) is 56.5 Å². The van der Waals surface area contributed by atoms with Crippen LogP contribution in [0, 0.1) is 5.92 Å². The van der Waals surface area contributed by atoms with E-state index < -0.39 is 0 Å². The Labute approximate surface area is 123 Å². The molecular weight excluding hydrogens is 262 g/mol. The molecule has 0 aliphatic heterocycles. The number of nitrogens with zero attached hydrogens (tertiary/aromatic N) is 5. The molecule has 3 rings (SSSR count).